The van der Waals surface area contributed by atoms with Gasteiger partial charge in [0, 0.05) is 24.7 Å². The van der Waals surface area contributed by atoms with Crippen molar-refractivity contribution in [3.05, 3.63) is 58.4 Å². The van der Waals surface area contributed by atoms with Crippen LogP contribution in [0, 0.1) is 6.92 Å². The molecule has 3 heterocycles. The minimum absolute atomic E-state index is 0.0991. The van der Waals surface area contributed by atoms with Crippen LogP contribution < -0.4 is 5.43 Å². The van der Waals surface area contributed by atoms with Gasteiger partial charge in [-0.25, -0.2) is 9.67 Å². The zero-order valence-corrected chi connectivity index (χ0v) is 14.0. The Bertz CT molecular complexity index is 977. The second-order valence-electron chi connectivity index (χ2n) is 6.45. The van der Waals surface area contributed by atoms with Crippen molar-refractivity contribution in [2.24, 2.45) is 0 Å². The Morgan fingerprint density at radius 1 is 1.36 bits per heavy atom. The zero-order chi connectivity index (χ0) is 17.4. The lowest BCUT2D eigenvalue weighted by atomic mass is 10.0. The predicted octanol–water partition coefficient (Wildman–Crippen LogP) is 1.91. The summed E-state index contributed by atoms with van der Waals surface area (Å²) in [6.07, 6.45) is 6.53. The van der Waals surface area contributed by atoms with E-state index in [0.29, 0.717) is 18.5 Å². The van der Waals surface area contributed by atoms with Gasteiger partial charge in [0.15, 0.2) is 0 Å². The number of nitrogens with zero attached hydrogens (tertiary/aromatic N) is 4. The third-order valence-electron chi connectivity index (χ3n) is 4.85. The van der Waals surface area contributed by atoms with Crippen molar-refractivity contribution >= 4 is 16.8 Å². The fraction of sp³-hybridized carbons (Fsp3) is 0.333. The molecule has 0 aliphatic carbocycles. The van der Waals surface area contributed by atoms with Crippen molar-refractivity contribution in [3.63, 3.8) is 0 Å². The number of piperidine rings is 1. The predicted molar refractivity (Wildman–Crippen MR) is 93.5 cm³/mol. The fourth-order valence-corrected chi connectivity index (χ4v) is 3.49. The summed E-state index contributed by atoms with van der Waals surface area (Å²) < 4.78 is 1.79. The normalized spacial score (nSPS) is 17.8. The van der Waals surface area contributed by atoms with E-state index < -0.39 is 0 Å². The van der Waals surface area contributed by atoms with Crippen molar-refractivity contribution in [1.29, 1.82) is 0 Å². The lowest BCUT2D eigenvalue weighted by molar-refractivity contribution is 0.0671. The van der Waals surface area contributed by atoms with Crippen LogP contribution in [0.4, 0.5) is 0 Å². The van der Waals surface area contributed by atoms with Gasteiger partial charge in [-0.1, -0.05) is 12.1 Å². The van der Waals surface area contributed by atoms with Gasteiger partial charge < -0.3 is 9.88 Å². The quantitative estimate of drug-likeness (QED) is 0.774. The number of nitrogens with one attached hydrogen (secondary N) is 1. The molecule has 25 heavy (non-hydrogen) atoms. The maximum atomic E-state index is 12.9. The monoisotopic (exact) mass is 337 g/mol. The number of carbonyl (C=O) groups is 1. The first-order valence-corrected chi connectivity index (χ1v) is 8.39. The number of hydrogen-bond donors (Lipinski definition) is 1. The number of carbonyl (C=O) groups excluding carboxylic acids is 1. The number of benzene rings is 1. The van der Waals surface area contributed by atoms with E-state index in [1.165, 1.54) is 6.33 Å². The van der Waals surface area contributed by atoms with E-state index in [4.69, 9.17) is 0 Å². The van der Waals surface area contributed by atoms with E-state index in [-0.39, 0.29) is 22.9 Å². The Morgan fingerprint density at radius 2 is 2.24 bits per heavy atom. The molecule has 3 aromatic rings. The lowest BCUT2D eigenvalue weighted by Gasteiger charge is -2.32. The number of amides is 1. The van der Waals surface area contributed by atoms with E-state index in [9.17, 15) is 9.59 Å². The molecule has 2 aromatic heterocycles. The maximum absolute atomic E-state index is 12.9. The summed E-state index contributed by atoms with van der Waals surface area (Å²) >= 11 is 0. The minimum atomic E-state index is -0.227. The zero-order valence-electron chi connectivity index (χ0n) is 14.0. The SMILES string of the molecule is Cc1cccc2c(=O)c(C(=O)N3CCC[C@@H](n4cncn4)C3)c[nH]c12. The summed E-state index contributed by atoms with van der Waals surface area (Å²) in [4.78, 5) is 34.5. The van der Waals surface area contributed by atoms with Crippen molar-refractivity contribution in [3.8, 4) is 0 Å². The smallest absolute Gasteiger partial charge is 0.259 e. The van der Waals surface area contributed by atoms with Crippen LogP contribution in [0.1, 0.15) is 34.8 Å². The molecule has 7 heteroatoms. The topological polar surface area (TPSA) is 83.9 Å². The molecule has 0 unspecified atom stereocenters. The standard InChI is InChI=1S/C18H19N5O2/c1-12-4-2-6-14-16(12)20-8-15(17(14)24)18(25)22-7-3-5-13(9-22)23-11-19-10-21-23/h2,4,6,8,10-11,13H,3,5,7,9H2,1H3,(H,20,24)/t13-/m1/s1. The third kappa shape index (κ3) is 2.71. The van der Waals surface area contributed by atoms with E-state index in [1.807, 2.05) is 19.1 Å². The van der Waals surface area contributed by atoms with Gasteiger partial charge in [-0.2, -0.15) is 5.10 Å². The maximum Gasteiger partial charge on any atom is 0.259 e. The summed E-state index contributed by atoms with van der Waals surface area (Å²) in [5.41, 5.74) is 1.74. The molecule has 1 aliphatic rings. The first-order valence-electron chi connectivity index (χ1n) is 8.39. The number of pyridine rings is 1. The van der Waals surface area contributed by atoms with E-state index in [1.54, 1.807) is 28.2 Å². The highest BCUT2D eigenvalue weighted by atomic mass is 16.2. The molecule has 1 amide bonds. The van der Waals surface area contributed by atoms with Gasteiger partial charge in [-0.3, -0.25) is 9.59 Å². The summed E-state index contributed by atoms with van der Waals surface area (Å²) in [5.74, 6) is -0.227. The highest BCUT2D eigenvalue weighted by Crippen LogP contribution is 2.22. The van der Waals surface area contributed by atoms with Gasteiger partial charge in [-0.05, 0) is 31.4 Å². The third-order valence-corrected chi connectivity index (χ3v) is 4.85. The number of para-hydroxylation sites is 1. The average molecular weight is 337 g/mol. The summed E-state index contributed by atoms with van der Waals surface area (Å²) in [7, 11) is 0. The molecule has 4 rings (SSSR count). The van der Waals surface area contributed by atoms with Crippen LogP contribution >= 0.6 is 0 Å². The van der Waals surface area contributed by atoms with Crippen LogP contribution in [0.3, 0.4) is 0 Å². The second-order valence-corrected chi connectivity index (χ2v) is 6.45. The van der Waals surface area contributed by atoms with Crippen molar-refractivity contribution < 1.29 is 4.79 Å². The highest BCUT2D eigenvalue weighted by molar-refractivity contribution is 5.97. The number of H-pyrrole nitrogens is 1. The second kappa shape index (κ2) is 6.16. The average Bonchev–Trinajstić information content (AvgIpc) is 3.17. The van der Waals surface area contributed by atoms with Crippen LogP contribution in [-0.4, -0.2) is 43.6 Å². The molecule has 0 bridgehead atoms. The van der Waals surface area contributed by atoms with Crippen molar-refractivity contribution in [2.45, 2.75) is 25.8 Å². The van der Waals surface area contributed by atoms with Gasteiger partial charge >= 0.3 is 0 Å². The van der Waals surface area contributed by atoms with Crippen LogP contribution in [0.5, 0.6) is 0 Å². The number of likely N-dealkylation sites (tertiary alicyclic amines) is 1. The number of aromatic nitrogens is 4. The van der Waals surface area contributed by atoms with E-state index >= 15 is 0 Å². The number of rotatable bonds is 2. The Hall–Kier alpha value is -2.96. The molecule has 0 spiro atoms. The Balaban J connectivity index is 1.66. The fourth-order valence-electron chi connectivity index (χ4n) is 3.49. The van der Waals surface area contributed by atoms with Gasteiger partial charge in [0.05, 0.1) is 11.6 Å². The molecule has 1 atom stereocenters. The minimum Gasteiger partial charge on any atom is -0.360 e. The summed E-state index contributed by atoms with van der Waals surface area (Å²) in [5, 5.41) is 4.73. The molecular formula is C18H19N5O2. The summed E-state index contributed by atoms with van der Waals surface area (Å²) in [6.45, 7) is 3.12. The van der Waals surface area contributed by atoms with Crippen LogP contribution in [0.2, 0.25) is 0 Å². The lowest BCUT2D eigenvalue weighted by Crippen LogP contribution is -2.42. The van der Waals surface area contributed by atoms with E-state index in [2.05, 4.69) is 15.1 Å². The summed E-state index contributed by atoms with van der Waals surface area (Å²) in [6, 6.07) is 5.63. The molecule has 128 valence electrons. The number of aryl methyl sites for hydroxylation is 1. The van der Waals surface area contributed by atoms with Gasteiger partial charge in [0.1, 0.15) is 18.2 Å². The molecule has 1 saturated heterocycles. The molecule has 7 nitrogen and oxygen atoms in total. The molecular weight excluding hydrogens is 318 g/mol. The van der Waals surface area contributed by atoms with Gasteiger partial charge in [0.25, 0.3) is 5.91 Å². The highest BCUT2D eigenvalue weighted by Gasteiger charge is 2.27. The first-order chi connectivity index (χ1) is 12.1. The number of aromatic amines is 1. The molecule has 1 aliphatic heterocycles. The molecule has 0 radical (unpaired) electrons. The van der Waals surface area contributed by atoms with Crippen molar-refractivity contribution in [2.75, 3.05) is 13.1 Å². The molecule has 1 aromatic carbocycles. The first kappa shape index (κ1) is 15.6. The van der Waals surface area contributed by atoms with E-state index in [0.717, 1.165) is 23.9 Å². The van der Waals surface area contributed by atoms with Gasteiger partial charge in [-0.15, -0.1) is 0 Å². The number of fused-ring (bicyclic) bond motifs is 1. The Kier molecular flexibility index (Phi) is 3.83. The number of hydrogen-bond acceptors (Lipinski definition) is 4. The molecule has 0 saturated carbocycles. The van der Waals surface area contributed by atoms with Crippen LogP contribution in [0.15, 0.2) is 41.8 Å². The van der Waals surface area contributed by atoms with Crippen LogP contribution in [0.25, 0.3) is 10.9 Å². The van der Waals surface area contributed by atoms with Crippen LogP contribution in [-0.2, 0) is 0 Å². The Morgan fingerprint density at radius 3 is 3.04 bits per heavy atom. The molecule has 1 N–H and O–H groups in total. The van der Waals surface area contributed by atoms with Crippen molar-refractivity contribution in [1.82, 2.24) is 24.6 Å². The Labute approximate surface area is 144 Å². The largest absolute Gasteiger partial charge is 0.360 e. The van der Waals surface area contributed by atoms with Gasteiger partial charge in [0.2, 0.25) is 5.43 Å². The molecule has 1 fully saturated rings.